The topological polar surface area (TPSA) is 3.24 Å². The van der Waals surface area contributed by atoms with Crippen LogP contribution in [0.2, 0.25) is 0 Å². The number of hydrogen-bond donors (Lipinski definition) is 0. The number of anilines is 3. The molecule has 55 heavy (non-hydrogen) atoms. The number of fused-ring (bicyclic) bond motifs is 7. The molecule has 0 atom stereocenters. The van der Waals surface area contributed by atoms with Gasteiger partial charge < -0.3 is 4.90 Å². The fourth-order valence-corrected chi connectivity index (χ4v) is 10.4. The third-order valence-electron chi connectivity index (χ3n) is 10.9. The Morgan fingerprint density at radius 3 is 1.75 bits per heavy atom. The van der Waals surface area contributed by atoms with Crippen molar-refractivity contribution in [3.05, 3.63) is 200 Å². The van der Waals surface area contributed by atoms with E-state index in [1.165, 1.54) is 90.2 Å². The van der Waals surface area contributed by atoms with Crippen LogP contribution in [0.25, 0.3) is 84.5 Å². The molecule has 11 rings (SSSR count). The van der Waals surface area contributed by atoms with Crippen molar-refractivity contribution < 1.29 is 0 Å². The zero-order valence-electron chi connectivity index (χ0n) is 29.8. The highest BCUT2D eigenvalue weighted by atomic mass is 32.1. The molecule has 0 spiro atoms. The van der Waals surface area contributed by atoms with E-state index in [9.17, 15) is 0 Å². The first-order valence-electron chi connectivity index (χ1n) is 18.7. The number of thiophene rings is 2. The first kappa shape index (κ1) is 32.0. The van der Waals surface area contributed by atoms with Crippen molar-refractivity contribution in [2.45, 2.75) is 0 Å². The Balaban J connectivity index is 1.13. The van der Waals surface area contributed by atoms with E-state index in [0.717, 1.165) is 11.4 Å². The Hall–Kier alpha value is -6.52. The second-order valence-electron chi connectivity index (χ2n) is 14.1. The molecule has 0 bridgehead atoms. The molecule has 258 valence electrons. The van der Waals surface area contributed by atoms with Crippen LogP contribution in [0.3, 0.4) is 0 Å². The van der Waals surface area contributed by atoms with Gasteiger partial charge in [0, 0.05) is 46.9 Å². The van der Waals surface area contributed by atoms with E-state index in [0.29, 0.717) is 0 Å². The maximum absolute atomic E-state index is 2.49. The number of rotatable bonds is 6. The van der Waals surface area contributed by atoms with Gasteiger partial charge in [-0.15, -0.1) is 22.7 Å². The molecule has 2 heterocycles. The van der Waals surface area contributed by atoms with E-state index in [1.54, 1.807) is 0 Å². The summed E-state index contributed by atoms with van der Waals surface area (Å²) < 4.78 is 5.22. The van der Waals surface area contributed by atoms with Crippen molar-refractivity contribution in [2.24, 2.45) is 0 Å². The van der Waals surface area contributed by atoms with Crippen molar-refractivity contribution in [2.75, 3.05) is 4.90 Å². The number of nitrogens with zero attached hydrogens (tertiary/aromatic N) is 1. The van der Waals surface area contributed by atoms with Gasteiger partial charge in [0.05, 0.1) is 16.1 Å². The van der Waals surface area contributed by atoms with Crippen molar-refractivity contribution >= 4 is 90.9 Å². The van der Waals surface area contributed by atoms with Gasteiger partial charge in [0.1, 0.15) is 0 Å². The highest BCUT2D eigenvalue weighted by Gasteiger charge is 2.22. The molecule has 0 saturated heterocycles. The van der Waals surface area contributed by atoms with Gasteiger partial charge in [-0.25, -0.2) is 0 Å². The molecule has 0 N–H and O–H groups in total. The largest absolute Gasteiger partial charge is 0.308 e. The van der Waals surface area contributed by atoms with Crippen LogP contribution in [-0.2, 0) is 0 Å². The molecule has 0 amide bonds. The van der Waals surface area contributed by atoms with Crippen LogP contribution in [0.1, 0.15) is 0 Å². The number of hydrogen-bond acceptors (Lipinski definition) is 3. The van der Waals surface area contributed by atoms with Crippen LogP contribution in [0.5, 0.6) is 0 Å². The summed E-state index contributed by atoms with van der Waals surface area (Å²) in [5.74, 6) is 0. The maximum atomic E-state index is 2.49. The highest BCUT2D eigenvalue weighted by Crippen LogP contribution is 2.48. The Morgan fingerprint density at radius 1 is 0.309 bits per heavy atom. The molecule has 0 aliphatic carbocycles. The van der Waals surface area contributed by atoms with E-state index in [2.05, 4.69) is 205 Å². The van der Waals surface area contributed by atoms with E-state index in [1.807, 2.05) is 22.7 Å². The fraction of sp³-hybridized carbons (Fsp3) is 0. The van der Waals surface area contributed by atoms with Crippen LogP contribution in [0.4, 0.5) is 17.1 Å². The lowest BCUT2D eigenvalue weighted by Crippen LogP contribution is -2.11. The summed E-state index contributed by atoms with van der Waals surface area (Å²) >= 11 is 3.73. The van der Waals surface area contributed by atoms with E-state index >= 15 is 0 Å². The Bertz CT molecular complexity index is 3210. The van der Waals surface area contributed by atoms with E-state index in [4.69, 9.17) is 0 Å². The molecule has 0 fully saturated rings. The average molecular weight is 736 g/mol. The quantitative estimate of drug-likeness (QED) is 0.164. The van der Waals surface area contributed by atoms with Gasteiger partial charge in [0.2, 0.25) is 0 Å². The van der Waals surface area contributed by atoms with Gasteiger partial charge in [-0.2, -0.15) is 0 Å². The standard InChI is InChI=1S/C52H33NS2/c1-2-12-36(13-3-1)42-29-25-40(38-22-21-34-11-4-5-14-37(34)31-38)33-48(42)53(47-18-10-17-45-43-15-6-9-20-50(43)55-52(45)47)41-27-23-35(24-28-41)39-26-30-51-46(32-39)44-16-7-8-19-49(44)54-51/h1-33H. The Kier molecular flexibility index (Phi) is 7.61. The summed E-state index contributed by atoms with van der Waals surface area (Å²) in [5, 5.41) is 7.70. The molecule has 0 unspecified atom stereocenters. The summed E-state index contributed by atoms with van der Waals surface area (Å²) in [6, 6.07) is 73.6. The first-order chi connectivity index (χ1) is 27.2. The first-order valence-corrected chi connectivity index (χ1v) is 20.3. The van der Waals surface area contributed by atoms with Gasteiger partial charge in [-0.05, 0) is 93.2 Å². The molecule has 11 aromatic rings. The second kappa shape index (κ2) is 13.1. The lowest BCUT2D eigenvalue weighted by atomic mass is 9.95. The van der Waals surface area contributed by atoms with Gasteiger partial charge >= 0.3 is 0 Å². The monoisotopic (exact) mass is 735 g/mol. The Labute approximate surface area is 327 Å². The molecule has 3 heteroatoms. The summed E-state index contributed by atoms with van der Waals surface area (Å²) in [5.41, 5.74) is 10.6. The minimum atomic E-state index is 1.11. The second-order valence-corrected chi connectivity index (χ2v) is 16.2. The predicted molar refractivity (Wildman–Crippen MR) is 241 cm³/mol. The molecule has 1 nitrogen and oxygen atoms in total. The van der Waals surface area contributed by atoms with Gasteiger partial charge in [0.15, 0.2) is 0 Å². The molecule has 9 aromatic carbocycles. The minimum Gasteiger partial charge on any atom is -0.308 e. The van der Waals surface area contributed by atoms with Crippen molar-refractivity contribution in [1.29, 1.82) is 0 Å². The molecular weight excluding hydrogens is 703 g/mol. The molecular formula is C52H33NS2. The zero-order chi connectivity index (χ0) is 36.3. The van der Waals surface area contributed by atoms with Crippen molar-refractivity contribution in [3.8, 4) is 33.4 Å². The predicted octanol–water partition coefficient (Wildman–Crippen LogP) is 16.0. The van der Waals surface area contributed by atoms with Crippen LogP contribution < -0.4 is 4.90 Å². The lowest BCUT2D eigenvalue weighted by molar-refractivity contribution is 1.30. The normalized spacial score (nSPS) is 11.6. The molecule has 2 aromatic heterocycles. The zero-order valence-corrected chi connectivity index (χ0v) is 31.4. The summed E-state index contributed by atoms with van der Waals surface area (Å²) in [6.07, 6.45) is 0. The summed E-state index contributed by atoms with van der Waals surface area (Å²) in [4.78, 5) is 2.49. The molecule has 0 saturated carbocycles. The van der Waals surface area contributed by atoms with E-state index < -0.39 is 0 Å². The minimum absolute atomic E-state index is 1.11. The van der Waals surface area contributed by atoms with Gasteiger partial charge in [-0.3, -0.25) is 0 Å². The third kappa shape index (κ3) is 5.51. The molecule has 0 aliphatic heterocycles. The maximum Gasteiger partial charge on any atom is 0.0640 e. The van der Waals surface area contributed by atoms with Gasteiger partial charge in [-0.1, -0.05) is 146 Å². The average Bonchev–Trinajstić information content (AvgIpc) is 3.83. The van der Waals surface area contributed by atoms with Crippen LogP contribution >= 0.6 is 22.7 Å². The van der Waals surface area contributed by atoms with Crippen molar-refractivity contribution in [1.82, 2.24) is 0 Å². The van der Waals surface area contributed by atoms with Crippen LogP contribution in [0, 0.1) is 0 Å². The van der Waals surface area contributed by atoms with Crippen LogP contribution in [-0.4, -0.2) is 0 Å². The highest BCUT2D eigenvalue weighted by molar-refractivity contribution is 7.26. The van der Waals surface area contributed by atoms with Crippen molar-refractivity contribution in [3.63, 3.8) is 0 Å². The van der Waals surface area contributed by atoms with E-state index in [-0.39, 0.29) is 0 Å². The third-order valence-corrected chi connectivity index (χ3v) is 13.2. The molecule has 0 aliphatic rings. The fourth-order valence-electron chi connectivity index (χ4n) is 8.15. The summed E-state index contributed by atoms with van der Waals surface area (Å²) in [7, 11) is 0. The smallest absolute Gasteiger partial charge is 0.0640 e. The lowest BCUT2D eigenvalue weighted by Gasteiger charge is -2.29. The summed E-state index contributed by atoms with van der Waals surface area (Å²) in [6.45, 7) is 0. The Morgan fingerprint density at radius 2 is 0.909 bits per heavy atom. The van der Waals surface area contributed by atoms with Crippen LogP contribution in [0.15, 0.2) is 200 Å². The number of benzene rings is 9. The van der Waals surface area contributed by atoms with Gasteiger partial charge in [0.25, 0.3) is 0 Å². The SMILES string of the molecule is c1ccc(-c2ccc(-c3ccc4ccccc4c3)cc2N(c2ccc(-c3ccc4sc5ccccc5c4c3)cc2)c2cccc3c2sc2ccccc23)cc1. The molecule has 0 radical (unpaired) electrons.